The zero-order valence-corrected chi connectivity index (χ0v) is 12.3. The fraction of sp³-hybridized carbons (Fsp3) is 0.625. The number of aliphatic hydroxyl groups excluding tert-OH is 1. The first kappa shape index (κ1) is 13.7. The number of piperidine rings is 1. The molecule has 1 spiro atoms. The van der Waals surface area contributed by atoms with Crippen LogP contribution in [0.5, 0.6) is 11.5 Å². The first-order chi connectivity index (χ1) is 9.65. The Morgan fingerprint density at radius 2 is 2.15 bits per heavy atom. The molecule has 0 saturated carbocycles. The van der Waals surface area contributed by atoms with Crippen molar-refractivity contribution in [3.05, 3.63) is 23.8 Å². The van der Waals surface area contributed by atoms with E-state index in [1.807, 2.05) is 18.2 Å². The molecule has 0 bridgehead atoms. The Bertz CT molecular complexity index is 481. The second-order valence-corrected chi connectivity index (χ2v) is 5.84. The maximum absolute atomic E-state index is 10.4. The van der Waals surface area contributed by atoms with Crippen molar-refractivity contribution in [2.45, 2.75) is 37.9 Å². The summed E-state index contributed by atoms with van der Waals surface area (Å²) >= 11 is 0. The highest BCUT2D eigenvalue weighted by atomic mass is 16.5. The van der Waals surface area contributed by atoms with Gasteiger partial charge in [0.1, 0.15) is 17.1 Å². The molecule has 0 unspecified atom stereocenters. The SMILES string of the molecule is CCN1CCC2(CC1)C[C@H](O)c1ccc(OC)cc1O2. The van der Waals surface area contributed by atoms with Crippen LogP contribution in [0.4, 0.5) is 0 Å². The lowest BCUT2D eigenvalue weighted by Gasteiger charge is -2.45. The monoisotopic (exact) mass is 277 g/mol. The molecule has 1 aromatic carbocycles. The van der Waals surface area contributed by atoms with E-state index in [2.05, 4.69) is 11.8 Å². The Hall–Kier alpha value is -1.26. The van der Waals surface area contributed by atoms with Crippen molar-refractivity contribution in [3.8, 4) is 11.5 Å². The summed E-state index contributed by atoms with van der Waals surface area (Å²) in [4.78, 5) is 2.43. The summed E-state index contributed by atoms with van der Waals surface area (Å²) in [6, 6.07) is 5.68. The molecule has 0 amide bonds. The maximum atomic E-state index is 10.4. The number of rotatable bonds is 2. The van der Waals surface area contributed by atoms with Gasteiger partial charge in [0, 0.05) is 31.1 Å². The quantitative estimate of drug-likeness (QED) is 0.901. The number of aliphatic hydroxyl groups is 1. The summed E-state index contributed by atoms with van der Waals surface area (Å²) in [5.41, 5.74) is 0.680. The number of methoxy groups -OCH3 is 1. The number of fused-ring (bicyclic) bond motifs is 1. The number of likely N-dealkylation sites (tertiary alicyclic amines) is 1. The molecule has 1 fully saturated rings. The van der Waals surface area contributed by atoms with E-state index in [1.165, 1.54) is 0 Å². The second-order valence-electron chi connectivity index (χ2n) is 5.84. The van der Waals surface area contributed by atoms with E-state index >= 15 is 0 Å². The molecule has 4 heteroatoms. The summed E-state index contributed by atoms with van der Waals surface area (Å²) in [7, 11) is 1.65. The lowest BCUT2D eigenvalue weighted by atomic mass is 9.81. The van der Waals surface area contributed by atoms with Crippen molar-refractivity contribution in [1.29, 1.82) is 0 Å². The molecule has 110 valence electrons. The van der Waals surface area contributed by atoms with Gasteiger partial charge in [-0.3, -0.25) is 0 Å². The molecule has 2 heterocycles. The van der Waals surface area contributed by atoms with Crippen molar-refractivity contribution in [1.82, 2.24) is 4.90 Å². The zero-order chi connectivity index (χ0) is 14.2. The predicted octanol–water partition coefficient (Wildman–Crippen LogP) is 2.37. The number of hydrogen-bond acceptors (Lipinski definition) is 4. The van der Waals surface area contributed by atoms with E-state index in [1.54, 1.807) is 7.11 Å². The average molecular weight is 277 g/mol. The number of hydrogen-bond donors (Lipinski definition) is 1. The summed E-state index contributed by atoms with van der Waals surface area (Å²) in [5, 5.41) is 10.4. The lowest BCUT2D eigenvalue weighted by molar-refractivity contribution is -0.0532. The Balaban J connectivity index is 1.84. The minimum absolute atomic E-state index is 0.204. The van der Waals surface area contributed by atoms with E-state index in [-0.39, 0.29) is 5.60 Å². The van der Waals surface area contributed by atoms with E-state index in [0.717, 1.165) is 49.5 Å². The third-order valence-corrected chi connectivity index (χ3v) is 4.69. The maximum Gasteiger partial charge on any atom is 0.129 e. The van der Waals surface area contributed by atoms with Gasteiger partial charge in [-0.15, -0.1) is 0 Å². The van der Waals surface area contributed by atoms with Crippen molar-refractivity contribution in [2.24, 2.45) is 0 Å². The van der Waals surface area contributed by atoms with Crippen LogP contribution in [0.2, 0.25) is 0 Å². The van der Waals surface area contributed by atoms with Crippen LogP contribution in [0.1, 0.15) is 37.9 Å². The molecular formula is C16H23NO3. The number of nitrogens with zero attached hydrogens (tertiary/aromatic N) is 1. The second kappa shape index (κ2) is 5.26. The molecule has 1 atom stereocenters. The van der Waals surface area contributed by atoms with Gasteiger partial charge in [-0.25, -0.2) is 0 Å². The van der Waals surface area contributed by atoms with Gasteiger partial charge in [0.05, 0.1) is 13.2 Å². The predicted molar refractivity (Wildman–Crippen MR) is 77.3 cm³/mol. The highest BCUT2D eigenvalue weighted by Crippen LogP contribution is 2.45. The third-order valence-electron chi connectivity index (χ3n) is 4.69. The highest BCUT2D eigenvalue weighted by molar-refractivity contribution is 5.44. The van der Waals surface area contributed by atoms with Gasteiger partial charge in [0.15, 0.2) is 0 Å². The first-order valence-electron chi connectivity index (χ1n) is 7.43. The van der Waals surface area contributed by atoms with Crippen molar-refractivity contribution < 1.29 is 14.6 Å². The molecule has 0 radical (unpaired) electrons. The minimum Gasteiger partial charge on any atom is -0.497 e. The molecule has 3 rings (SSSR count). The van der Waals surface area contributed by atoms with Gasteiger partial charge >= 0.3 is 0 Å². The standard InChI is InChI=1S/C16H23NO3/c1-3-17-8-6-16(7-9-17)11-14(18)13-5-4-12(19-2)10-15(13)20-16/h4-5,10,14,18H,3,6-9,11H2,1-2H3/t14-/m0/s1. The Morgan fingerprint density at radius 3 is 2.80 bits per heavy atom. The lowest BCUT2D eigenvalue weighted by Crippen LogP contribution is -2.50. The van der Waals surface area contributed by atoms with Crippen LogP contribution >= 0.6 is 0 Å². The summed E-state index contributed by atoms with van der Waals surface area (Å²) in [6.07, 6.45) is 2.23. The summed E-state index contributed by atoms with van der Waals surface area (Å²) < 4.78 is 11.6. The van der Waals surface area contributed by atoms with E-state index < -0.39 is 6.10 Å². The van der Waals surface area contributed by atoms with Crippen LogP contribution in [0.15, 0.2) is 18.2 Å². The smallest absolute Gasteiger partial charge is 0.129 e. The van der Waals surface area contributed by atoms with Crippen LogP contribution in [0, 0.1) is 0 Å². The molecule has 2 aliphatic heterocycles. The molecule has 1 saturated heterocycles. The minimum atomic E-state index is -0.433. The van der Waals surface area contributed by atoms with Gasteiger partial charge < -0.3 is 19.5 Å². The van der Waals surface area contributed by atoms with E-state index in [0.29, 0.717) is 6.42 Å². The molecule has 1 N–H and O–H groups in total. The fourth-order valence-electron chi connectivity index (χ4n) is 3.33. The zero-order valence-electron chi connectivity index (χ0n) is 12.3. The van der Waals surface area contributed by atoms with Crippen LogP contribution in [0.3, 0.4) is 0 Å². The first-order valence-corrected chi connectivity index (χ1v) is 7.43. The van der Waals surface area contributed by atoms with Crippen molar-refractivity contribution >= 4 is 0 Å². The van der Waals surface area contributed by atoms with Gasteiger partial charge in [0.2, 0.25) is 0 Å². The Kier molecular flexibility index (Phi) is 3.61. The number of benzene rings is 1. The summed E-state index contributed by atoms with van der Waals surface area (Å²) in [5.74, 6) is 1.56. The normalized spacial score (nSPS) is 25.1. The van der Waals surface area contributed by atoms with Crippen LogP contribution in [-0.4, -0.2) is 42.4 Å². The molecule has 1 aromatic rings. The molecular weight excluding hydrogens is 254 g/mol. The van der Waals surface area contributed by atoms with Crippen LogP contribution in [-0.2, 0) is 0 Å². The van der Waals surface area contributed by atoms with Crippen LogP contribution in [0.25, 0.3) is 0 Å². The Labute approximate surface area is 120 Å². The number of ether oxygens (including phenoxy) is 2. The van der Waals surface area contributed by atoms with Crippen LogP contribution < -0.4 is 9.47 Å². The topological polar surface area (TPSA) is 41.9 Å². The van der Waals surface area contributed by atoms with E-state index in [9.17, 15) is 5.11 Å². The Morgan fingerprint density at radius 1 is 1.40 bits per heavy atom. The fourth-order valence-corrected chi connectivity index (χ4v) is 3.33. The molecule has 20 heavy (non-hydrogen) atoms. The molecule has 0 aromatic heterocycles. The van der Waals surface area contributed by atoms with Crippen molar-refractivity contribution in [3.63, 3.8) is 0 Å². The van der Waals surface area contributed by atoms with Gasteiger partial charge in [-0.05, 0) is 31.5 Å². The van der Waals surface area contributed by atoms with Gasteiger partial charge in [-0.1, -0.05) is 6.92 Å². The summed E-state index contributed by atoms with van der Waals surface area (Å²) in [6.45, 7) is 5.36. The van der Waals surface area contributed by atoms with Gasteiger partial charge in [-0.2, -0.15) is 0 Å². The van der Waals surface area contributed by atoms with E-state index in [4.69, 9.17) is 9.47 Å². The third kappa shape index (κ3) is 2.38. The largest absolute Gasteiger partial charge is 0.497 e. The average Bonchev–Trinajstić information content (AvgIpc) is 2.47. The highest BCUT2D eigenvalue weighted by Gasteiger charge is 2.42. The van der Waals surface area contributed by atoms with Crippen molar-refractivity contribution in [2.75, 3.05) is 26.7 Å². The van der Waals surface area contributed by atoms with Gasteiger partial charge in [0.25, 0.3) is 0 Å². The molecule has 0 aliphatic carbocycles. The molecule has 4 nitrogen and oxygen atoms in total. The molecule has 2 aliphatic rings.